The Kier molecular flexibility index (Phi) is 4.65. The molecule has 0 spiro atoms. The Hall–Kier alpha value is -0.0800. The van der Waals surface area contributed by atoms with Crippen LogP contribution in [0.5, 0.6) is 0 Å². The highest BCUT2D eigenvalue weighted by molar-refractivity contribution is 4.85. The second kappa shape index (κ2) is 5.27. The predicted molar refractivity (Wildman–Crippen MR) is 74.0 cm³/mol. The second-order valence-corrected chi connectivity index (χ2v) is 7.65. The van der Waals surface area contributed by atoms with E-state index in [9.17, 15) is 0 Å². The summed E-state index contributed by atoms with van der Waals surface area (Å²) in [5, 5.41) is 0. The summed E-state index contributed by atoms with van der Waals surface area (Å²) >= 11 is 0. The molecular formula is C15H31NO. The van der Waals surface area contributed by atoms with Crippen molar-refractivity contribution in [3.63, 3.8) is 0 Å². The molecule has 2 nitrogen and oxygen atoms in total. The molecule has 2 atom stereocenters. The summed E-state index contributed by atoms with van der Waals surface area (Å²) in [5.74, 6) is 0. The Balaban J connectivity index is 2.53. The Morgan fingerprint density at radius 1 is 1.18 bits per heavy atom. The highest BCUT2D eigenvalue weighted by Crippen LogP contribution is 2.38. The van der Waals surface area contributed by atoms with E-state index in [1.165, 1.54) is 25.7 Å². The van der Waals surface area contributed by atoms with E-state index < -0.39 is 0 Å². The van der Waals surface area contributed by atoms with Crippen molar-refractivity contribution < 1.29 is 4.74 Å². The van der Waals surface area contributed by atoms with Gasteiger partial charge >= 0.3 is 0 Å². The smallest absolute Gasteiger partial charge is 0.0775 e. The third-order valence-corrected chi connectivity index (χ3v) is 3.96. The Bertz CT molecular complexity index is 230. The molecule has 17 heavy (non-hydrogen) atoms. The van der Waals surface area contributed by atoms with Crippen molar-refractivity contribution in [1.82, 2.24) is 0 Å². The van der Waals surface area contributed by atoms with Crippen LogP contribution in [-0.4, -0.2) is 18.2 Å². The van der Waals surface area contributed by atoms with E-state index in [0.717, 1.165) is 0 Å². The van der Waals surface area contributed by atoms with Gasteiger partial charge < -0.3 is 10.5 Å². The molecule has 0 aromatic carbocycles. The summed E-state index contributed by atoms with van der Waals surface area (Å²) in [4.78, 5) is 0. The first-order valence-electron chi connectivity index (χ1n) is 7.03. The topological polar surface area (TPSA) is 35.2 Å². The van der Waals surface area contributed by atoms with Crippen LogP contribution in [0.4, 0.5) is 0 Å². The van der Waals surface area contributed by atoms with Crippen molar-refractivity contribution in [3.8, 4) is 0 Å². The van der Waals surface area contributed by atoms with Crippen LogP contribution in [0.25, 0.3) is 0 Å². The van der Waals surface area contributed by atoms with Gasteiger partial charge in [-0.15, -0.1) is 0 Å². The molecule has 2 unspecified atom stereocenters. The van der Waals surface area contributed by atoms with Gasteiger partial charge in [0.2, 0.25) is 0 Å². The molecule has 2 heteroatoms. The minimum Gasteiger partial charge on any atom is -0.373 e. The Morgan fingerprint density at radius 3 is 2.00 bits per heavy atom. The predicted octanol–water partition coefficient (Wildman–Crippen LogP) is 3.73. The molecule has 102 valence electrons. The van der Waals surface area contributed by atoms with Crippen molar-refractivity contribution in [2.45, 2.75) is 85.5 Å². The van der Waals surface area contributed by atoms with Gasteiger partial charge in [-0.1, -0.05) is 34.6 Å². The fourth-order valence-corrected chi connectivity index (χ4v) is 2.83. The summed E-state index contributed by atoms with van der Waals surface area (Å²) in [6, 6.07) is 0.102. The lowest BCUT2D eigenvalue weighted by Crippen LogP contribution is -2.46. The number of nitrogens with two attached hydrogens (primary N) is 1. The molecule has 1 aliphatic carbocycles. The lowest BCUT2D eigenvalue weighted by atomic mass is 9.76. The molecule has 1 aliphatic rings. The van der Waals surface area contributed by atoms with Crippen LogP contribution in [-0.2, 0) is 4.74 Å². The molecule has 0 radical (unpaired) electrons. The van der Waals surface area contributed by atoms with Crippen LogP contribution in [0, 0.1) is 10.8 Å². The van der Waals surface area contributed by atoms with Gasteiger partial charge in [0, 0.05) is 6.04 Å². The quantitative estimate of drug-likeness (QED) is 0.817. The van der Waals surface area contributed by atoms with Crippen LogP contribution in [0.15, 0.2) is 0 Å². The first kappa shape index (κ1) is 15.0. The van der Waals surface area contributed by atoms with Crippen molar-refractivity contribution in [1.29, 1.82) is 0 Å². The summed E-state index contributed by atoms with van der Waals surface area (Å²) in [7, 11) is 0. The summed E-state index contributed by atoms with van der Waals surface area (Å²) in [5.41, 5.74) is 6.70. The van der Waals surface area contributed by atoms with Gasteiger partial charge in [0.1, 0.15) is 0 Å². The zero-order valence-corrected chi connectivity index (χ0v) is 12.5. The number of hydrogen-bond acceptors (Lipinski definition) is 2. The third kappa shape index (κ3) is 4.59. The highest BCUT2D eigenvalue weighted by Gasteiger charge is 2.34. The largest absolute Gasteiger partial charge is 0.373 e. The molecule has 2 N–H and O–H groups in total. The van der Waals surface area contributed by atoms with Gasteiger partial charge in [0.25, 0.3) is 0 Å². The molecule has 0 aliphatic heterocycles. The summed E-state index contributed by atoms with van der Waals surface area (Å²) in [6.07, 6.45) is 5.49. The van der Waals surface area contributed by atoms with E-state index in [-0.39, 0.29) is 17.6 Å². The van der Waals surface area contributed by atoms with Gasteiger partial charge in [0.05, 0.1) is 12.2 Å². The average molecular weight is 241 g/mol. The van der Waals surface area contributed by atoms with E-state index >= 15 is 0 Å². The molecule has 1 rings (SSSR count). The van der Waals surface area contributed by atoms with Crippen molar-refractivity contribution in [3.05, 3.63) is 0 Å². The summed E-state index contributed by atoms with van der Waals surface area (Å²) < 4.78 is 6.29. The lowest BCUT2D eigenvalue weighted by Gasteiger charge is -2.40. The van der Waals surface area contributed by atoms with E-state index in [2.05, 4.69) is 41.5 Å². The maximum Gasteiger partial charge on any atom is 0.0775 e. The first-order chi connectivity index (χ1) is 7.62. The van der Waals surface area contributed by atoms with Crippen LogP contribution < -0.4 is 5.73 Å². The van der Waals surface area contributed by atoms with Gasteiger partial charge in [0.15, 0.2) is 0 Å². The van der Waals surface area contributed by atoms with Gasteiger partial charge in [-0.3, -0.25) is 0 Å². The maximum absolute atomic E-state index is 6.29. The summed E-state index contributed by atoms with van der Waals surface area (Å²) in [6.45, 7) is 13.4. The standard InChI is InChI=1S/C15H31NO/c1-11(16)13(14(2,3)4)17-12-7-9-15(5,6)10-8-12/h11-13H,7-10,16H2,1-6H3. The lowest BCUT2D eigenvalue weighted by molar-refractivity contribution is -0.0963. The van der Waals surface area contributed by atoms with Crippen LogP contribution in [0.1, 0.15) is 67.2 Å². The van der Waals surface area contributed by atoms with Crippen molar-refractivity contribution in [2.24, 2.45) is 16.6 Å². The first-order valence-corrected chi connectivity index (χ1v) is 7.03. The molecule has 1 fully saturated rings. The van der Waals surface area contributed by atoms with Crippen molar-refractivity contribution >= 4 is 0 Å². The minimum atomic E-state index is 0.102. The van der Waals surface area contributed by atoms with Crippen molar-refractivity contribution in [2.75, 3.05) is 0 Å². The number of rotatable bonds is 3. The fourth-order valence-electron chi connectivity index (χ4n) is 2.83. The molecular weight excluding hydrogens is 210 g/mol. The van der Waals surface area contributed by atoms with Gasteiger partial charge in [-0.25, -0.2) is 0 Å². The third-order valence-electron chi connectivity index (χ3n) is 3.96. The van der Waals surface area contributed by atoms with E-state index in [4.69, 9.17) is 10.5 Å². The monoisotopic (exact) mass is 241 g/mol. The Morgan fingerprint density at radius 2 is 1.65 bits per heavy atom. The highest BCUT2D eigenvalue weighted by atomic mass is 16.5. The molecule has 1 saturated carbocycles. The molecule has 0 saturated heterocycles. The normalized spacial score (nSPS) is 25.6. The Labute approximate surface area is 107 Å². The van der Waals surface area contributed by atoms with E-state index in [1.807, 2.05) is 0 Å². The zero-order chi connectivity index (χ0) is 13.3. The fraction of sp³-hybridized carbons (Fsp3) is 1.00. The van der Waals surface area contributed by atoms with Gasteiger partial charge in [-0.05, 0) is 43.4 Å². The van der Waals surface area contributed by atoms with Crippen LogP contribution >= 0.6 is 0 Å². The van der Waals surface area contributed by atoms with Crippen LogP contribution in [0.3, 0.4) is 0 Å². The number of hydrogen-bond donors (Lipinski definition) is 1. The maximum atomic E-state index is 6.29. The SMILES string of the molecule is CC(N)C(OC1CCC(C)(C)CC1)C(C)(C)C. The second-order valence-electron chi connectivity index (χ2n) is 7.65. The molecule has 0 aromatic heterocycles. The molecule has 0 amide bonds. The van der Waals surface area contributed by atoms with Gasteiger partial charge in [-0.2, -0.15) is 0 Å². The molecule has 0 aromatic rings. The molecule has 0 heterocycles. The van der Waals surface area contributed by atoms with E-state index in [0.29, 0.717) is 11.5 Å². The minimum absolute atomic E-state index is 0.102. The van der Waals surface area contributed by atoms with E-state index in [1.54, 1.807) is 0 Å². The van der Waals surface area contributed by atoms with Crippen LogP contribution in [0.2, 0.25) is 0 Å². The molecule has 0 bridgehead atoms. The average Bonchev–Trinajstić information content (AvgIpc) is 2.13. The number of ether oxygens (including phenoxy) is 1. The zero-order valence-electron chi connectivity index (χ0n) is 12.5.